The van der Waals surface area contributed by atoms with E-state index in [1.807, 2.05) is 48.5 Å². The van der Waals surface area contributed by atoms with Gasteiger partial charge < -0.3 is 18.9 Å². The van der Waals surface area contributed by atoms with Crippen molar-refractivity contribution in [3.63, 3.8) is 0 Å². The second kappa shape index (κ2) is 10.2. The number of hydrogen-bond donors (Lipinski definition) is 0. The molecule has 0 saturated carbocycles. The molecule has 0 radical (unpaired) electrons. The Labute approximate surface area is 176 Å². The Bertz CT molecular complexity index is 1020. The Morgan fingerprint density at radius 2 is 1.43 bits per heavy atom. The third-order valence-corrected chi connectivity index (χ3v) is 4.52. The van der Waals surface area contributed by atoms with Gasteiger partial charge in [-0.15, -0.1) is 0 Å². The van der Waals surface area contributed by atoms with Crippen molar-refractivity contribution in [1.29, 1.82) is 0 Å². The maximum absolute atomic E-state index is 12.5. The molecule has 0 fully saturated rings. The summed E-state index contributed by atoms with van der Waals surface area (Å²) in [7, 11) is 4.68. The number of ether oxygens (including phenoxy) is 4. The third-order valence-electron chi connectivity index (χ3n) is 4.52. The van der Waals surface area contributed by atoms with E-state index in [-0.39, 0.29) is 5.78 Å². The van der Waals surface area contributed by atoms with Crippen LogP contribution >= 0.6 is 0 Å². The van der Waals surface area contributed by atoms with Crippen LogP contribution in [0.5, 0.6) is 23.0 Å². The summed E-state index contributed by atoms with van der Waals surface area (Å²) in [5, 5.41) is 0. The first kappa shape index (κ1) is 21.0. The van der Waals surface area contributed by atoms with Gasteiger partial charge in [-0.2, -0.15) is 0 Å². The minimum atomic E-state index is -0.140. The van der Waals surface area contributed by atoms with Crippen LogP contribution in [0.2, 0.25) is 0 Å². The van der Waals surface area contributed by atoms with Gasteiger partial charge in [0.05, 0.1) is 21.3 Å². The van der Waals surface area contributed by atoms with E-state index < -0.39 is 0 Å². The van der Waals surface area contributed by atoms with Gasteiger partial charge in [-0.1, -0.05) is 42.5 Å². The third kappa shape index (κ3) is 5.20. The number of allylic oxidation sites excluding steroid dienone is 1. The molecule has 0 aliphatic rings. The molecule has 0 amide bonds. The summed E-state index contributed by atoms with van der Waals surface area (Å²) in [5.41, 5.74) is 2.41. The summed E-state index contributed by atoms with van der Waals surface area (Å²) in [6.07, 6.45) is 3.25. The van der Waals surface area contributed by atoms with Crippen molar-refractivity contribution in [3.05, 3.63) is 89.5 Å². The fraction of sp³-hybridized carbons (Fsp3) is 0.160. The van der Waals surface area contributed by atoms with Gasteiger partial charge in [0, 0.05) is 5.56 Å². The minimum Gasteiger partial charge on any atom is -0.493 e. The smallest absolute Gasteiger partial charge is 0.185 e. The molecule has 0 aliphatic heterocycles. The molecule has 0 bridgehead atoms. The first-order valence-electron chi connectivity index (χ1n) is 9.44. The van der Waals surface area contributed by atoms with Crippen molar-refractivity contribution >= 4 is 11.9 Å². The summed E-state index contributed by atoms with van der Waals surface area (Å²) in [5.74, 6) is 2.20. The number of carbonyl (C=O) groups excluding carboxylic acids is 1. The Balaban J connectivity index is 1.71. The number of carbonyl (C=O) groups is 1. The molecule has 154 valence electrons. The van der Waals surface area contributed by atoms with Gasteiger partial charge >= 0.3 is 0 Å². The quantitative estimate of drug-likeness (QED) is 0.363. The number of hydrogen-bond acceptors (Lipinski definition) is 5. The molecular formula is C25H24O5. The lowest BCUT2D eigenvalue weighted by Crippen LogP contribution is -1.98. The van der Waals surface area contributed by atoms with Crippen molar-refractivity contribution in [2.24, 2.45) is 0 Å². The number of benzene rings is 3. The van der Waals surface area contributed by atoms with E-state index in [0.717, 1.165) is 11.1 Å². The number of ketones is 1. The van der Waals surface area contributed by atoms with Crippen molar-refractivity contribution in [1.82, 2.24) is 0 Å². The van der Waals surface area contributed by atoms with Crippen LogP contribution in [0, 0.1) is 0 Å². The molecule has 0 spiro atoms. The van der Waals surface area contributed by atoms with Crippen molar-refractivity contribution in [2.75, 3.05) is 21.3 Å². The summed E-state index contributed by atoms with van der Waals surface area (Å²) >= 11 is 0. The van der Waals surface area contributed by atoms with Gasteiger partial charge in [0.15, 0.2) is 28.8 Å². The fourth-order valence-electron chi connectivity index (χ4n) is 2.90. The molecule has 30 heavy (non-hydrogen) atoms. The maximum atomic E-state index is 12.5. The first-order valence-corrected chi connectivity index (χ1v) is 9.44. The van der Waals surface area contributed by atoms with Gasteiger partial charge in [-0.25, -0.2) is 0 Å². The lowest BCUT2D eigenvalue weighted by atomic mass is 10.1. The molecule has 0 heterocycles. The highest BCUT2D eigenvalue weighted by Crippen LogP contribution is 2.30. The normalized spacial score (nSPS) is 10.6. The highest BCUT2D eigenvalue weighted by atomic mass is 16.5. The average Bonchev–Trinajstić information content (AvgIpc) is 2.81. The van der Waals surface area contributed by atoms with Crippen LogP contribution < -0.4 is 18.9 Å². The van der Waals surface area contributed by atoms with E-state index in [1.54, 1.807) is 38.5 Å². The van der Waals surface area contributed by atoms with Crippen LogP contribution in [0.3, 0.4) is 0 Å². The summed E-state index contributed by atoms with van der Waals surface area (Å²) in [6, 6.07) is 20.5. The fourth-order valence-corrected chi connectivity index (χ4v) is 2.90. The lowest BCUT2D eigenvalue weighted by molar-refractivity contribution is 0.104. The largest absolute Gasteiger partial charge is 0.493 e. The molecule has 0 N–H and O–H groups in total. The van der Waals surface area contributed by atoms with E-state index >= 15 is 0 Å². The zero-order chi connectivity index (χ0) is 21.3. The zero-order valence-corrected chi connectivity index (χ0v) is 17.3. The molecule has 0 atom stereocenters. The SMILES string of the molecule is COc1ccc(C(=O)C=Cc2ccc(OCc3ccccc3)c(OC)c2)cc1OC. The highest BCUT2D eigenvalue weighted by Gasteiger charge is 2.09. The molecular weight excluding hydrogens is 380 g/mol. The predicted molar refractivity (Wildman–Crippen MR) is 117 cm³/mol. The topological polar surface area (TPSA) is 54.0 Å². The molecule has 0 aliphatic carbocycles. The standard InChI is InChI=1S/C25H24O5/c1-27-22-14-11-20(16-25(22)29-3)21(26)12-9-18-10-13-23(24(15-18)28-2)30-17-19-7-5-4-6-8-19/h4-16H,17H2,1-3H3. The van der Waals surface area contributed by atoms with E-state index in [2.05, 4.69) is 0 Å². The highest BCUT2D eigenvalue weighted by molar-refractivity contribution is 6.07. The van der Waals surface area contributed by atoms with Crippen LogP contribution in [0.15, 0.2) is 72.8 Å². The maximum Gasteiger partial charge on any atom is 0.185 e. The first-order chi connectivity index (χ1) is 14.6. The Kier molecular flexibility index (Phi) is 7.11. The van der Waals surface area contributed by atoms with Gasteiger partial charge in [-0.05, 0) is 47.5 Å². The number of rotatable bonds is 9. The van der Waals surface area contributed by atoms with Gasteiger partial charge in [0.25, 0.3) is 0 Å². The summed E-state index contributed by atoms with van der Waals surface area (Å²) in [4.78, 5) is 12.5. The Morgan fingerprint density at radius 1 is 0.767 bits per heavy atom. The summed E-state index contributed by atoms with van der Waals surface area (Å²) < 4.78 is 21.8. The Hall–Kier alpha value is -3.73. The second-order valence-corrected chi connectivity index (χ2v) is 6.45. The van der Waals surface area contributed by atoms with Gasteiger partial charge in [-0.3, -0.25) is 4.79 Å². The molecule has 0 saturated heterocycles. The van der Waals surface area contributed by atoms with Crippen LogP contribution in [-0.4, -0.2) is 27.1 Å². The average molecular weight is 404 g/mol. The van der Waals surface area contributed by atoms with E-state index in [0.29, 0.717) is 35.2 Å². The van der Waals surface area contributed by atoms with E-state index in [1.165, 1.54) is 13.2 Å². The van der Waals surface area contributed by atoms with Crippen LogP contribution in [-0.2, 0) is 6.61 Å². The molecule has 0 aromatic heterocycles. The molecule has 5 heteroatoms. The van der Waals surface area contributed by atoms with Crippen molar-refractivity contribution in [3.8, 4) is 23.0 Å². The van der Waals surface area contributed by atoms with E-state index in [4.69, 9.17) is 18.9 Å². The van der Waals surface area contributed by atoms with Crippen LogP contribution in [0.1, 0.15) is 21.5 Å². The van der Waals surface area contributed by atoms with Crippen LogP contribution in [0.25, 0.3) is 6.08 Å². The van der Waals surface area contributed by atoms with Crippen molar-refractivity contribution < 1.29 is 23.7 Å². The second-order valence-electron chi connectivity index (χ2n) is 6.45. The molecule has 3 aromatic rings. The predicted octanol–water partition coefficient (Wildman–Crippen LogP) is 5.19. The minimum absolute atomic E-state index is 0.140. The van der Waals surface area contributed by atoms with Crippen molar-refractivity contribution in [2.45, 2.75) is 6.61 Å². The van der Waals surface area contributed by atoms with Gasteiger partial charge in [0.2, 0.25) is 0 Å². The van der Waals surface area contributed by atoms with Crippen LogP contribution in [0.4, 0.5) is 0 Å². The molecule has 3 aromatic carbocycles. The Morgan fingerprint density at radius 3 is 2.13 bits per heavy atom. The number of methoxy groups -OCH3 is 3. The zero-order valence-electron chi connectivity index (χ0n) is 17.3. The summed E-state index contributed by atoms with van der Waals surface area (Å²) in [6.45, 7) is 0.449. The van der Waals surface area contributed by atoms with Gasteiger partial charge in [0.1, 0.15) is 6.61 Å². The van der Waals surface area contributed by atoms with E-state index in [9.17, 15) is 4.79 Å². The molecule has 0 unspecified atom stereocenters. The lowest BCUT2D eigenvalue weighted by Gasteiger charge is -2.11. The monoisotopic (exact) mass is 404 g/mol. The molecule has 5 nitrogen and oxygen atoms in total. The molecule has 3 rings (SSSR count).